The second-order valence-corrected chi connectivity index (χ2v) is 7.11. The topological polar surface area (TPSA) is 32.3 Å². The van der Waals surface area contributed by atoms with Crippen molar-refractivity contribution in [1.29, 1.82) is 0 Å². The van der Waals surface area contributed by atoms with Crippen LogP contribution < -0.4 is 10.2 Å². The van der Waals surface area contributed by atoms with Crippen LogP contribution >= 0.6 is 11.6 Å². The number of nitrogens with zero attached hydrogens (tertiary/aromatic N) is 1. The Hall–Kier alpha value is -2.52. The molecule has 0 saturated carbocycles. The molecule has 0 radical (unpaired) electrons. The number of para-hydroxylation sites is 1. The zero-order valence-electron chi connectivity index (χ0n) is 14.5. The first-order valence-corrected chi connectivity index (χ1v) is 9.44. The van der Waals surface area contributed by atoms with E-state index in [-0.39, 0.29) is 5.91 Å². The Morgan fingerprint density at radius 1 is 0.885 bits per heavy atom. The number of halogens is 1. The quantitative estimate of drug-likeness (QED) is 0.643. The second kappa shape index (κ2) is 7.38. The van der Waals surface area contributed by atoms with Gasteiger partial charge >= 0.3 is 0 Å². The van der Waals surface area contributed by atoms with Gasteiger partial charge in [0.25, 0.3) is 5.91 Å². The minimum Gasteiger partial charge on any atom is -0.369 e. The minimum atomic E-state index is -0.115. The molecule has 26 heavy (non-hydrogen) atoms. The van der Waals surface area contributed by atoms with E-state index in [0.717, 1.165) is 48.1 Å². The first-order chi connectivity index (χ1) is 12.7. The van der Waals surface area contributed by atoms with Crippen LogP contribution in [0.15, 0.2) is 60.7 Å². The molecule has 1 saturated heterocycles. The van der Waals surface area contributed by atoms with Crippen molar-refractivity contribution in [1.82, 2.24) is 0 Å². The molecule has 3 nitrogen and oxygen atoms in total. The Balaban J connectivity index is 1.63. The van der Waals surface area contributed by atoms with Crippen molar-refractivity contribution in [3.05, 3.63) is 71.2 Å². The summed E-state index contributed by atoms with van der Waals surface area (Å²) in [5.41, 5.74) is 2.36. The van der Waals surface area contributed by atoms with Crippen LogP contribution in [-0.4, -0.2) is 19.0 Å². The number of hydrogen-bond donors (Lipinski definition) is 1. The number of rotatable bonds is 3. The first-order valence-electron chi connectivity index (χ1n) is 9.06. The highest BCUT2D eigenvalue weighted by atomic mass is 35.5. The maximum Gasteiger partial charge on any atom is 0.255 e. The van der Waals surface area contributed by atoms with E-state index in [4.69, 9.17) is 11.6 Å². The van der Waals surface area contributed by atoms with E-state index in [1.807, 2.05) is 60.7 Å². The molecular formula is C22H21ClN2O. The van der Waals surface area contributed by atoms with Crippen LogP contribution in [0.4, 0.5) is 11.4 Å². The molecule has 3 aromatic rings. The van der Waals surface area contributed by atoms with Crippen LogP contribution in [-0.2, 0) is 0 Å². The summed E-state index contributed by atoms with van der Waals surface area (Å²) < 4.78 is 0. The average molecular weight is 365 g/mol. The highest BCUT2D eigenvalue weighted by molar-refractivity contribution is 6.34. The van der Waals surface area contributed by atoms with E-state index in [2.05, 4.69) is 10.2 Å². The Labute approximate surface area is 158 Å². The van der Waals surface area contributed by atoms with E-state index in [9.17, 15) is 4.79 Å². The van der Waals surface area contributed by atoms with Crippen molar-refractivity contribution in [3.63, 3.8) is 0 Å². The minimum absolute atomic E-state index is 0.115. The van der Waals surface area contributed by atoms with Gasteiger partial charge < -0.3 is 10.2 Å². The van der Waals surface area contributed by atoms with E-state index in [1.54, 1.807) is 0 Å². The van der Waals surface area contributed by atoms with Gasteiger partial charge in [0.15, 0.2) is 0 Å². The highest BCUT2D eigenvalue weighted by Gasteiger charge is 2.19. The lowest BCUT2D eigenvalue weighted by Gasteiger charge is -2.31. The number of anilines is 2. The van der Waals surface area contributed by atoms with Gasteiger partial charge in [0, 0.05) is 18.7 Å². The van der Waals surface area contributed by atoms with E-state index in [1.165, 1.54) is 6.42 Å². The summed E-state index contributed by atoms with van der Waals surface area (Å²) in [7, 11) is 0. The second-order valence-electron chi connectivity index (χ2n) is 6.70. The van der Waals surface area contributed by atoms with Crippen LogP contribution in [0.25, 0.3) is 10.8 Å². The molecule has 1 aliphatic rings. The third kappa shape index (κ3) is 3.40. The molecule has 3 aromatic carbocycles. The zero-order chi connectivity index (χ0) is 17.9. The Morgan fingerprint density at radius 3 is 2.46 bits per heavy atom. The number of benzene rings is 3. The number of amides is 1. The fourth-order valence-electron chi connectivity index (χ4n) is 3.58. The number of hydrogen-bond acceptors (Lipinski definition) is 2. The fraction of sp³-hybridized carbons (Fsp3) is 0.227. The van der Waals surface area contributed by atoms with Gasteiger partial charge in [0.2, 0.25) is 0 Å². The summed E-state index contributed by atoms with van der Waals surface area (Å²) >= 11 is 6.48. The lowest BCUT2D eigenvalue weighted by molar-refractivity contribution is 0.102. The van der Waals surface area contributed by atoms with Gasteiger partial charge in [-0.25, -0.2) is 0 Å². The van der Waals surface area contributed by atoms with Crippen LogP contribution in [0.1, 0.15) is 29.6 Å². The zero-order valence-corrected chi connectivity index (χ0v) is 15.3. The van der Waals surface area contributed by atoms with Gasteiger partial charge in [-0.1, -0.05) is 48.0 Å². The van der Waals surface area contributed by atoms with Crippen molar-refractivity contribution >= 4 is 39.7 Å². The van der Waals surface area contributed by atoms with Crippen molar-refractivity contribution in [3.8, 4) is 0 Å². The molecule has 0 aromatic heterocycles. The summed E-state index contributed by atoms with van der Waals surface area (Å²) in [5, 5.41) is 5.93. The first kappa shape index (κ1) is 16.9. The third-order valence-corrected chi connectivity index (χ3v) is 5.22. The lowest BCUT2D eigenvalue weighted by atomic mass is 10.1. The molecule has 0 unspecified atom stereocenters. The molecule has 4 rings (SSSR count). The highest BCUT2D eigenvalue weighted by Crippen LogP contribution is 2.35. The third-order valence-electron chi connectivity index (χ3n) is 4.92. The molecule has 0 spiro atoms. The molecule has 0 bridgehead atoms. The maximum atomic E-state index is 12.8. The maximum absolute atomic E-state index is 12.8. The standard InChI is InChI=1S/C22H21ClN2O/c23-19-9-6-10-20(21(19)25-13-4-1-5-14-25)24-22(26)18-12-11-16-7-2-3-8-17(16)15-18/h2-3,6-12,15H,1,4-5,13-14H2,(H,24,26). The van der Waals surface area contributed by atoms with Crippen molar-refractivity contribution < 1.29 is 4.79 Å². The van der Waals surface area contributed by atoms with Crippen molar-refractivity contribution in [2.75, 3.05) is 23.3 Å². The number of piperidine rings is 1. The van der Waals surface area contributed by atoms with Crippen LogP contribution in [0, 0.1) is 0 Å². The summed E-state index contributed by atoms with van der Waals surface area (Å²) in [4.78, 5) is 15.1. The van der Waals surface area contributed by atoms with Gasteiger partial charge in [-0.05, 0) is 54.3 Å². The molecular weight excluding hydrogens is 344 g/mol. The predicted octanol–water partition coefficient (Wildman–Crippen LogP) is 5.74. The monoisotopic (exact) mass is 364 g/mol. The van der Waals surface area contributed by atoms with Crippen molar-refractivity contribution in [2.24, 2.45) is 0 Å². The SMILES string of the molecule is O=C(Nc1cccc(Cl)c1N1CCCCC1)c1ccc2ccccc2c1. The van der Waals surface area contributed by atoms with E-state index >= 15 is 0 Å². The molecule has 4 heteroatoms. The molecule has 0 atom stereocenters. The summed E-state index contributed by atoms with van der Waals surface area (Å²) in [6.07, 6.45) is 3.56. The average Bonchev–Trinajstić information content (AvgIpc) is 2.68. The number of carbonyl (C=O) groups excluding carboxylic acids is 1. The van der Waals surface area contributed by atoms with E-state index < -0.39 is 0 Å². The molecule has 1 fully saturated rings. The van der Waals surface area contributed by atoms with Crippen molar-refractivity contribution in [2.45, 2.75) is 19.3 Å². The molecule has 1 N–H and O–H groups in total. The normalized spacial score (nSPS) is 14.4. The molecule has 1 amide bonds. The summed E-state index contributed by atoms with van der Waals surface area (Å²) in [5.74, 6) is -0.115. The van der Waals surface area contributed by atoms with Gasteiger partial charge in [-0.15, -0.1) is 0 Å². The van der Waals surface area contributed by atoms with Gasteiger partial charge in [0.05, 0.1) is 16.4 Å². The molecule has 1 heterocycles. The van der Waals surface area contributed by atoms with Crippen LogP contribution in [0.2, 0.25) is 5.02 Å². The fourth-order valence-corrected chi connectivity index (χ4v) is 3.87. The Morgan fingerprint density at radius 2 is 1.65 bits per heavy atom. The van der Waals surface area contributed by atoms with E-state index in [0.29, 0.717) is 10.6 Å². The molecule has 1 aliphatic heterocycles. The predicted molar refractivity (Wildman–Crippen MR) is 109 cm³/mol. The number of fused-ring (bicyclic) bond motifs is 1. The largest absolute Gasteiger partial charge is 0.369 e. The molecule has 132 valence electrons. The van der Waals surface area contributed by atoms with Gasteiger partial charge in [0.1, 0.15) is 0 Å². The molecule has 0 aliphatic carbocycles. The smallest absolute Gasteiger partial charge is 0.255 e. The Bertz CT molecular complexity index is 948. The lowest BCUT2D eigenvalue weighted by Crippen LogP contribution is -2.30. The van der Waals surface area contributed by atoms with Crippen LogP contribution in [0.3, 0.4) is 0 Å². The summed E-state index contributed by atoms with van der Waals surface area (Å²) in [6, 6.07) is 19.5. The summed E-state index contributed by atoms with van der Waals surface area (Å²) in [6.45, 7) is 1.95. The number of nitrogens with one attached hydrogen (secondary N) is 1. The van der Waals surface area contributed by atoms with Gasteiger partial charge in [-0.3, -0.25) is 4.79 Å². The van der Waals surface area contributed by atoms with Gasteiger partial charge in [-0.2, -0.15) is 0 Å². The Kier molecular flexibility index (Phi) is 4.81. The number of carbonyl (C=O) groups is 1. The van der Waals surface area contributed by atoms with Crippen LogP contribution in [0.5, 0.6) is 0 Å².